The molecule has 2 aromatic rings. The lowest BCUT2D eigenvalue weighted by atomic mass is 10.0. The third kappa shape index (κ3) is 8.29. The molecule has 1 aromatic carbocycles. The molecule has 0 bridgehead atoms. The van der Waals surface area contributed by atoms with Crippen molar-refractivity contribution in [1.82, 2.24) is 20.5 Å². The van der Waals surface area contributed by atoms with Gasteiger partial charge in [-0.05, 0) is 62.9 Å². The van der Waals surface area contributed by atoms with Crippen molar-refractivity contribution in [3.63, 3.8) is 0 Å². The molecule has 170 valence electrons. The SMILES string of the molecule is CCNC(=NCc1ccc(OCC)c(C)c1)NC1CCN(Cc2ccccn2)CC1.I. The summed E-state index contributed by atoms with van der Waals surface area (Å²) in [6, 6.07) is 12.9. The minimum atomic E-state index is 0. The second-order valence-corrected chi connectivity index (χ2v) is 7.74. The van der Waals surface area contributed by atoms with Crippen LogP contribution in [-0.2, 0) is 13.1 Å². The fourth-order valence-electron chi connectivity index (χ4n) is 3.77. The fourth-order valence-corrected chi connectivity index (χ4v) is 3.77. The van der Waals surface area contributed by atoms with Gasteiger partial charge in [0.1, 0.15) is 5.75 Å². The first-order valence-electron chi connectivity index (χ1n) is 11.1. The number of hydrogen-bond acceptors (Lipinski definition) is 4. The van der Waals surface area contributed by atoms with E-state index in [1.807, 2.05) is 25.3 Å². The van der Waals surface area contributed by atoms with E-state index >= 15 is 0 Å². The molecule has 0 atom stereocenters. The van der Waals surface area contributed by atoms with Crippen molar-refractivity contribution >= 4 is 29.9 Å². The molecular formula is C24H36IN5O. The molecule has 1 aliphatic rings. The van der Waals surface area contributed by atoms with Crippen molar-refractivity contribution in [2.24, 2.45) is 4.99 Å². The Balaban J connectivity index is 0.00000341. The van der Waals surface area contributed by atoms with Gasteiger partial charge >= 0.3 is 0 Å². The molecule has 1 fully saturated rings. The van der Waals surface area contributed by atoms with Crippen LogP contribution in [0.5, 0.6) is 5.75 Å². The number of benzene rings is 1. The number of halogens is 1. The minimum absolute atomic E-state index is 0. The first-order valence-corrected chi connectivity index (χ1v) is 11.1. The van der Waals surface area contributed by atoms with Crippen molar-refractivity contribution in [1.29, 1.82) is 0 Å². The van der Waals surface area contributed by atoms with Crippen LogP contribution in [-0.4, -0.2) is 48.1 Å². The number of piperidine rings is 1. The number of guanidine groups is 1. The third-order valence-corrected chi connectivity index (χ3v) is 5.34. The molecule has 0 radical (unpaired) electrons. The van der Waals surface area contributed by atoms with Crippen molar-refractivity contribution in [2.45, 2.75) is 52.7 Å². The van der Waals surface area contributed by atoms with Gasteiger partial charge in [0.05, 0.1) is 18.8 Å². The van der Waals surface area contributed by atoms with Crippen molar-refractivity contribution < 1.29 is 4.74 Å². The molecule has 0 spiro atoms. The summed E-state index contributed by atoms with van der Waals surface area (Å²) in [5, 5.41) is 7.02. The Morgan fingerprint density at radius 3 is 2.65 bits per heavy atom. The maximum atomic E-state index is 5.63. The Morgan fingerprint density at radius 2 is 2.00 bits per heavy atom. The van der Waals surface area contributed by atoms with Gasteiger partial charge in [-0.2, -0.15) is 0 Å². The Labute approximate surface area is 203 Å². The number of likely N-dealkylation sites (tertiary alicyclic amines) is 1. The van der Waals surface area contributed by atoms with E-state index in [4.69, 9.17) is 9.73 Å². The van der Waals surface area contributed by atoms with Gasteiger partial charge in [0, 0.05) is 38.4 Å². The van der Waals surface area contributed by atoms with Gasteiger partial charge < -0.3 is 15.4 Å². The van der Waals surface area contributed by atoms with Crippen LogP contribution in [0.1, 0.15) is 43.5 Å². The highest BCUT2D eigenvalue weighted by Gasteiger charge is 2.20. The summed E-state index contributed by atoms with van der Waals surface area (Å²) in [6.07, 6.45) is 4.09. The molecule has 7 heteroatoms. The van der Waals surface area contributed by atoms with E-state index in [2.05, 4.69) is 58.6 Å². The number of aryl methyl sites for hydroxylation is 1. The van der Waals surface area contributed by atoms with Gasteiger partial charge in [-0.15, -0.1) is 24.0 Å². The number of nitrogens with zero attached hydrogens (tertiary/aromatic N) is 3. The molecule has 1 aliphatic heterocycles. The van der Waals surface area contributed by atoms with Crippen LogP contribution in [0, 0.1) is 6.92 Å². The molecule has 1 saturated heterocycles. The van der Waals surface area contributed by atoms with E-state index in [-0.39, 0.29) is 24.0 Å². The van der Waals surface area contributed by atoms with Gasteiger partial charge in [0.15, 0.2) is 5.96 Å². The van der Waals surface area contributed by atoms with Gasteiger partial charge in [0.2, 0.25) is 0 Å². The maximum Gasteiger partial charge on any atom is 0.191 e. The largest absolute Gasteiger partial charge is 0.494 e. The van der Waals surface area contributed by atoms with Crippen molar-refractivity contribution in [3.05, 3.63) is 59.4 Å². The lowest BCUT2D eigenvalue weighted by molar-refractivity contribution is 0.196. The molecule has 3 rings (SSSR count). The predicted octanol–water partition coefficient (Wildman–Crippen LogP) is 4.13. The summed E-state index contributed by atoms with van der Waals surface area (Å²) in [5.74, 6) is 1.85. The minimum Gasteiger partial charge on any atom is -0.494 e. The van der Waals surface area contributed by atoms with Gasteiger partial charge in [0.25, 0.3) is 0 Å². The van der Waals surface area contributed by atoms with E-state index < -0.39 is 0 Å². The predicted molar refractivity (Wildman–Crippen MR) is 138 cm³/mol. The Bertz CT molecular complexity index is 807. The van der Waals surface area contributed by atoms with Crippen LogP contribution in [0.2, 0.25) is 0 Å². The molecule has 0 aliphatic carbocycles. The van der Waals surface area contributed by atoms with E-state index in [1.165, 1.54) is 5.56 Å². The number of rotatable bonds is 8. The zero-order valence-corrected chi connectivity index (χ0v) is 21.3. The summed E-state index contributed by atoms with van der Waals surface area (Å²) in [5.41, 5.74) is 3.49. The van der Waals surface area contributed by atoms with Crippen LogP contribution in [0.25, 0.3) is 0 Å². The molecule has 1 aromatic heterocycles. The van der Waals surface area contributed by atoms with E-state index in [1.54, 1.807) is 0 Å². The smallest absolute Gasteiger partial charge is 0.191 e. The molecule has 2 N–H and O–H groups in total. The standard InChI is InChI=1S/C24H35N5O.HI/c1-4-25-24(27-17-20-9-10-23(30-5-2)19(3)16-20)28-21-11-14-29(15-12-21)18-22-8-6-7-13-26-22;/h6-10,13,16,21H,4-5,11-12,14-15,17-18H2,1-3H3,(H2,25,27,28);1H. The number of pyridine rings is 1. The van der Waals surface area contributed by atoms with Crippen molar-refractivity contribution in [3.8, 4) is 5.75 Å². The average molecular weight is 537 g/mol. The number of aromatic nitrogens is 1. The summed E-state index contributed by atoms with van der Waals surface area (Å²) in [7, 11) is 0. The van der Waals surface area contributed by atoms with Gasteiger partial charge in [-0.3, -0.25) is 9.88 Å². The van der Waals surface area contributed by atoms with E-state index in [0.717, 1.165) is 62.0 Å². The first kappa shape index (κ1) is 25.4. The topological polar surface area (TPSA) is 61.8 Å². The van der Waals surface area contributed by atoms with Gasteiger partial charge in [-0.1, -0.05) is 18.2 Å². The second kappa shape index (κ2) is 13.5. The highest BCUT2D eigenvalue weighted by Crippen LogP contribution is 2.19. The average Bonchev–Trinajstić information content (AvgIpc) is 2.76. The highest BCUT2D eigenvalue weighted by molar-refractivity contribution is 14.0. The zero-order valence-electron chi connectivity index (χ0n) is 18.9. The van der Waals surface area contributed by atoms with E-state index in [0.29, 0.717) is 19.2 Å². The first-order chi connectivity index (χ1) is 14.7. The monoisotopic (exact) mass is 537 g/mol. The van der Waals surface area contributed by atoms with Crippen LogP contribution in [0.3, 0.4) is 0 Å². The summed E-state index contributed by atoms with van der Waals surface area (Å²) in [4.78, 5) is 11.7. The molecule has 2 heterocycles. The molecule has 0 saturated carbocycles. The Hall–Kier alpha value is -1.87. The summed E-state index contributed by atoms with van der Waals surface area (Å²) >= 11 is 0. The summed E-state index contributed by atoms with van der Waals surface area (Å²) < 4.78 is 5.63. The van der Waals surface area contributed by atoms with Gasteiger partial charge in [-0.25, -0.2) is 4.99 Å². The molecule has 0 amide bonds. The number of nitrogens with one attached hydrogen (secondary N) is 2. The normalized spacial score (nSPS) is 15.3. The highest BCUT2D eigenvalue weighted by atomic mass is 127. The van der Waals surface area contributed by atoms with Crippen LogP contribution in [0.4, 0.5) is 0 Å². The zero-order chi connectivity index (χ0) is 21.2. The Morgan fingerprint density at radius 1 is 1.19 bits per heavy atom. The number of hydrogen-bond donors (Lipinski definition) is 2. The fraction of sp³-hybridized carbons (Fsp3) is 0.500. The number of aliphatic imine (C=N–C) groups is 1. The summed E-state index contributed by atoms with van der Waals surface area (Å²) in [6.45, 7) is 11.5. The quantitative estimate of drug-likeness (QED) is 0.302. The number of ether oxygens (including phenoxy) is 1. The third-order valence-electron chi connectivity index (χ3n) is 5.34. The molecular weight excluding hydrogens is 501 g/mol. The lowest BCUT2D eigenvalue weighted by Crippen LogP contribution is -2.48. The van der Waals surface area contributed by atoms with Crippen LogP contribution >= 0.6 is 24.0 Å². The molecule has 0 unspecified atom stereocenters. The second-order valence-electron chi connectivity index (χ2n) is 7.74. The van der Waals surface area contributed by atoms with Crippen LogP contribution in [0.15, 0.2) is 47.6 Å². The maximum absolute atomic E-state index is 5.63. The van der Waals surface area contributed by atoms with Crippen LogP contribution < -0.4 is 15.4 Å². The van der Waals surface area contributed by atoms with Crippen molar-refractivity contribution in [2.75, 3.05) is 26.2 Å². The lowest BCUT2D eigenvalue weighted by Gasteiger charge is -2.32. The van der Waals surface area contributed by atoms with E-state index in [9.17, 15) is 0 Å². The molecule has 31 heavy (non-hydrogen) atoms. The molecule has 6 nitrogen and oxygen atoms in total. The Kier molecular flexibility index (Phi) is 11.1.